The SMILES string of the molecule is CC12CCC(C(=O)N(CO)C1=O)C2(C)C. The van der Waals surface area contributed by atoms with Crippen molar-refractivity contribution in [3.8, 4) is 0 Å². The van der Waals surface area contributed by atoms with Gasteiger partial charge in [-0.25, -0.2) is 0 Å². The molecule has 0 radical (unpaired) electrons. The summed E-state index contributed by atoms with van der Waals surface area (Å²) in [5, 5.41) is 9.06. The Balaban J connectivity index is 2.51. The molecule has 84 valence electrons. The number of likely N-dealkylation sites (tertiary alicyclic amines) is 1. The smallest absolute Gasteiger partial charge is 0.237 e. The summed E-state index contributed by atoms with van der Waals surface area (Å²) in [5.74, 6) is -0.538. The van der Waals surface area contributed by atoms with E-state index < -0.39 is 12.1 Å². The number of hydrogen-bond donors (Lipinski definition) is 1. The summed E-state index contributed by atoms with van der Waals surface area (Å²) in [6.07, 6.45) is 1.50. The van der Waals surface area contributed by atoms with Crippen LogP contribution >= 0.6 is 0 Å². The molecule has 2 atom stereocenters. The average molecular weight is 211 g/mol. The van der Waals surface area contributed by atoms with Crippen LogP contribution in [0.25, 0.3) is 0 Å². The molecule has 4 heteroatoms. The topological polar surface area (TPSA) is 57.6 Å². The van der Waals surface area contributed by atoms with Crippen LogP contribution in [0.15, 0.2) is 0 Å². The van der Waals surface area contributed by atoms with E-state index in [1.165, 1.54) is 0 Å². The van der Waals surface area contributed by atoms with E-state index >= 15 is 0 Å². The Morgan fingerprint density at radius 2 is 2.00 bits per heavy atom. The van der Waals surface area contributed by atoms with Gasteiger partial charge in [0.1, 0.15) is 6.73 Å². The molecule has 4 nitrogen and oxygen atoms in total. The van der Waals surface area contributed by atoms with Crippen LogP contribution in [0.2, 0.25) is 0 Å². The van der Waals surface area contributed by atoms with Crippen LogP contribution in [0.1, 0.15) is 33.6 Å². The molecular weight excluding hydrogens is 194 g/mol. The molecule has 0 aromatic rings. The molecule has 1 aliphatic carbocycles. The summed E-state index contributed by atoms with van der Waals surface area (Å²) in [6, 6.07) is 0. The van der Waals surface area contributed by atoms with Gasteiger partial charge in [0, 0.05) is 5.92 Å². The van der Waals surface area contributed by atoms with Gasteiger partial charge in [-0.1, -0.05) is 20.8 Å². The van der Waals surface area contributed by atoms with Crippen LogP contribution < -0.4 is 0 Å². The molecule has 0 aromatic carbocycles. The highest BCUT2D eigenvalue weighted by Crippen LogP contribution is 2.59. The Labute approximate surface area is 89.3 Å². The number of imide groups is 1. The maximum atomic E-state index is 12.1. The molecule has 0 aromatic heterocycles. The Hall–Kier alpha value is -0.900. The molecule has 1 saturated carbocycles. The molecule has 1 N–H and O–H groups in total. The first-order valence-electron chi connectivity index (χ1n) is 5.33. The molecule has 1 saturated heterocycles. The molecular formula is C11H17NO3. The largest absolute Gasteiger partial charge is 0.376 e. The molecule has 2 bridgehead atoms. The second-order valence-electron chi connectivity index (χ2n) is 5.36. The minimum Gasteiger partial charge on any atom is -0.376 e. The first kappa shape index (κ1) is 10.6. The monoisotopic (exact) mass is 211 g/mol. The summed E-state index contributed by atoms with van der Waals surface area (Å²) in [5.41, 5.74) is -0.777. The number of carbonyl (C=O) groups is 2. The molecule has 1 heterocycles. The maximum Gasteiger partial charge on any atom is 0.237 e. The zero-order chi connectivity index (χ0) is 11.4. The van der Waals surface area contributed by atoms with E-state index in [4.69, 9.17) is 5.11 Å². The van der Waals surface area contributed by atoms with Crippen LogP contribution in [0, 0.1) is 16.7 Å². The third kappa shape index (κ3) is 1.00. The van der Waals surface area contributed by atoms with Crippen molar-refractivity contribution in [1.82, 2.24) is 4.90 Å². The van der Waals surface area contributed by atoms with Gasteiger partial charge in [-0.3, -0.25) is 14.5 Å². The lowest BCUT2D eigenvalue weighted by molar-refractivity contribution is -0.172. The molecule has 1 aliphatic heterocycles. The Kier molecular flexibility index (Phi) is 1.99. The first-order chi connectivity index (χ1) is 6.86. The number of amides is 2. The molecule has 15 heavy (non-hydrogen) atoms. The number of hydrogen-bond acceptors (Lipinski definition) is 3. The fourth-order valence-electron chi connectivity index (χ4n) is 3.04. The molecule has 0 spiro atoms. The van der Waals surface area contributed by atoms with Crippen molar-refractivity contribution in [2.24, 2.45) is 16.7 Å². The third-order valence-electron chi connectivity index (χ3n) is 4.65. The van der Waals surface area contributed by atoms with Crippen LogP contribution in [-0.2, 0) is 9.59 Å². The van der Waals surface area contributed by atoms with Gasteiger partial charge in [-0.15, -0.1) is 0 Å². The number of piperidine rings is 1. The van der Waals surface area contributed by atoms with Gasteiger partial charge in [-0.2, -0.15) is 0 Å². The Morgan fingerprint density at radius 3 is 2.53 bits per heavy atom. The average Bonchev–Trinajstić information content (AvgIpc) is 2.33. The standard InChI is InChI=1S/C11H17NO3/c1-10(2)7-4-5-11(10,3)9(15)12(6-13)8(7)14/h7,13H,4-6H2,1-3H3. The van der Waals surface area contributed by atoms with E-state index in [-0.39, 0.29) is 23.1 Å². The highest BCUT2D eigenvalue weighted by Gasteiger charge is 2.64. The second kappa shape index (κ2) is 2.82. The molecule has 2 unspecified atom stereocenters. The minimum absolute atomic E-state index is 0.118. The van der Waals surface area contributed by atoms with Gasteiger partial charge in [0.2, 0.25) is 11.8 Å². The lowest BCUT2D eigenvalue weighted by Gasteiger charge is -2.47. The summed E-state index contributed by atoms with van der Waals surface area (Å²) in [6.45, 7) is 5.38. The van der Waals surface area contributed by atoms with Gasteiger partial charge in [0.05, 0.1) is 5.41 Å². The number of aliphatic hydroxyl groups excluding tert-OH is 1. The summed E-state index contributed by atoms with van der Waals surface area (Å²) in [4.78, 5) is 25.0. The van der Waals surface area contributed by atoms with Crippen LogP contribution in [0.5, 0.6) is 0 Å². The molecule has 2 rings (SSSR count). The number of fused-ring (bicyclic) bond motifs is 2. The van der Waals surface area contributed by atoms with Crippen LogP contribution in [0.3, 0.4) is 0 Å². The highest BCUT2D eigenvalue weighted by atomic mass is 16.3. The Morgan fingerprint density at radius 1 is 1.40 bits per heavy atom. The zero-order valence-electron chi connectivity index (χ0n) is 9.41. The van der Waals surface area contributed by atoms with E-state index in [0.29, 0.717) is 0 Å². The van der Waals surface area contributed by atoms with Crippen molar-refractivity contribution in [3.05, 3.63) is 0 Å². The van der Waals surface area contributed by atoms with Gasteiger partial charge in [0.25, 0.3) is 0 Å². The molecule has 2 aliphatic rings. The van der Waals surface area contributed by atoms with Gasteiger partial charge < -0.3 is 5.11 Å². The van der Waals surface area contributed by atoms with Crippen molar-refractivity contribution in [2.75, 3.05) is 6.73 Å². The number of nitrogens with zero attached hydrogens (tertiary/aromatic N) is 1. The zero-order valence-corrected chi connectivity index (χ0v) is 9.41. The fraction of sp³-hybridized carbons (Fsp3) is 0.818. The van der Waals surface area contributed by atoms with Gasteiger partial charge in [0.15, 0.2) is 0 Å². The van der Waals surface area contributed by atoms with Crippen molar-refractivity contribution in [2.45, 2.75) is 33.6 Å². The van der Waals surface area contributed by atoms with E-state index in [1.807, 2.05) is 20.8 Å². The number of carbonyl (C=O) groups excluding carboxylic acids is 2. The number of aliphatic hydroxyl groups is 1. The van der Waals surface area contributed by atoms with Gasteiger partial charge >= 0.3 is 0 Å². The van der Waals surface area contributed by atoms with Crippen molar-refractivity contribution >= 4 is 11.8 Å². The van der Waals surface area contributed by atoms with Crippen molar-refractivity contribution < 1.29 is 14.7 Å². The van der Waals surface area contributed by atoms with E-state index in [9.17, 15) is 9.59 Å². The minimum atomic E-state index is -0.492. The predicted molar refractivity (Wildman–Crippen MR) is 53.6 cm³/mol. The normalized spacial score (nSPS) is 38.7. The predicted octanol–water partition coefficient (Wildman–Crippen LogP) is 0.747. The number of rotatable bonds is 1. The van der Waals surface area contributed by atoms with Crippen molar-refractivity contribution in [3.63, 3.8) is 0 Å². The molecule has 2 fully saturated rings. The summed E-state index contributed by atoms with van der Waals surface area (Å²) < 4.78 is 0. The van der Waals surface area contributed by atoms with E-state index in [2.05, 4.69) is 0 Å². The quantitative estimate of drug-likeness (QED) is 0.651. The van der Waals surface area contributed by atoms with Crippen molar-refractivity contribution in [1.29, 1.82) is 0 Å². The Bertz CT molecular complexity index is 337. The fourth-order valence-corrected chi connectivity index (χ4v) is 3.04. The lowest BCUT2D eigenvalue weighted by Crippen LogP contribution is -2.59. The van der Waals surface area contributed by atoms with E-state index in [0.717, 1.165) is 17.7 Å². The highest BCUT2D eigenvalue weighted by molar-refractivity contribution is 6.03. The van der Waals surface area contributed by atoms with Crippen LogP contribution in [-0.4, -0.2) is 28.6 Å². The van der Waals surface area contributed by atoms with E-state index in [1.54, 1.807) is 0 Å². The van der Waals surface area contributed by atoms with Gasteiger partial charge in [-0.05, 0) is 18.3 Å². The molecule has 2 amide bonds. The third-order valence-corrected chi connectivity index (χ3v) is 4.65. The first-order valence-corrected chi connectivity index (χ1v) is 5.33. The summed E-state index contributed by atoms with van der Waals surface area (Å²) in [7, 11) is 0. The lowest BCUT2D eigenvalue weighted by atomic mass is 9.62. The van der Waals surface area contributed by atoms with Crippen LogP contribution in [0.4, 0.5) is 0 Å². The second-order valence-corrected chi connectivity index (χ2v) is 5.36. The summed E-state index contributed by atoms with van der Waals surface area (Å²) >= 11 is 0. The maximum absolute atomic E-state index is 12.1.